The van der Waals surface area contributed by atoms with Crippen molar-refractivity contribution in [3.8, 4) is 11.3 Å². The SMILES string of the molecule is O=C(CC1CSc2nc3c(c(=O)n21)CCC3)Nc1cccc(-c2cn3ccsc3n2)c1. The number of fused-ring (bicyclic) bond motifs is 3. The van der Waals surface area contributed by atoms with Crippen molar-refractivity contribution in [2.45, 2.75) is 36.9 Å². The molecule has 4 heterocycles. The summed E-state index contributed by atoms with van der Waals surface area (Å²) in [5.41, 5.74) is 4.38. The summed E-state index contributed by atoms with van der Waals surface area (Å²) in [5, 5.41) is 5.75. The van der Waals surface area contributed by atoms with E-state index in [1.807, 2.05) is 46.4 Å². The van der Waals surface area contributed by atoms with Gasteiger partial charge in [-0.3, -0.25) is 18.6 Å². The summed E-state index contributed by atoms with van der Waals surface area (Å²) in [5.74, 6) is 0.595. The summed E-state index contributed by atoms with van der Waals surface area (Å²) in [6.07, 6.45) is 6.88. The molecule has 1 aliphatic carbocycles. The average Bonchev–Trinajstić information content (AvgIpc) is 3.52. The highest BCUT2D eigenvalue weighted by Gasteiger charge is 2.31. The summed E-state index contributed by atoms with van der Waals surface area (Å²) < 4.78 is 3.73. The molecule has 0 saturated carbocycles. The number of aryl methyl sites for hydroxylation is 1. The lowest BCUT2D eigenvalue weighted by Gasteiger charge is -2.14. The lowest BCUT2D eigenvalue weighted by atomic mass is 10.1. The van der Waals surface area contributed by atoms with E-state index in [4.69, 9.17) is 0 Å². The molecule has 0 spiro atoms. The molecule has 1 N–H and O–H groups in total. The zero-order valence-electron chi connectivity index (χ0n) is 16.6. The molecule has 9 heteroatoms. The van der Waals surface area contributed by atoms with Gasteiger partial charge in [-0.1, -0.05) is 23.9 Å². The van der Waals surface area contributed by atoms with Gasteiger partial charge in [-0.15, -0.1) is 11.3 Å². The molecule has 1 aromatic carbocycles. The summed E-state index contributed by atoms with van der Waals surface area (Å²) in [6, 6.07) is 7.54. The van der Waals surface area contributed by atoms with Gasteiger partial charge in [-0.2, -0.15) is 0 Å². The Kier molecular flexibility index (Phi) is 4.46. The van der Waals surface area contributed by atoms with E-state index >= 15 is 0 Å². The Bertz CT molecular complexity index is 1360. The molecule has 6 rings (SSSR count). The van der Waals surface area contributed by atoms with E-state index in [1.54, 1.807) is 27.7 Å². The van der Waals surface area contributed by atoms with Crippen LogP contribution in [0.4, 0.5) is 5.69 Å². The third-order valence-corrected chi connectivity index (χ3v) is 7.70. The second kappa shape index (κ2) is 7.35. The van der Waals surface area contributed by atoms with Gasteiger partial charge in [0.2, 0.25) is 5.91 Å². The monoisotopic (exact) mass is 449 g/mol. The van der Waals surface area contributed by atoms with Gasteiger partial charge in [0.05, 0.1) is 17.4 Å². The molecule has 1 atom stereocenters. The predicted octanol–water partition coefficient (Wildman–Crippen LogP) is 3.78. The van der Waals surface area contributed by atoms with Gasteiger partial charge in [-0.25, -0.2) is 9.97 Å². The second-order valence-corrected chi connectivity index (χ2v) is 9.73. The van der Waals surface area contributed by atoms with Crippen molar-refractivity contribution < 1.29 is 4.79 Å². The van der Waals surface area contributed by atoms with E-state index in [9.17, 15) is 9.59 Å². The highest BCUT2D eigenvalue weighted by atomic mass is 32.2. The Labute approximate surface area is 186 Å². The van der Waals surface area contributed by atoms with Gasteiger partial charge in [0.1, 0.15) is 0 Å². The molecule has 0 radical (unpaired) electrons. The first kappa shape index (κ1) is 18.8. The van der Waals surface area contributed by atoms with E-state index < -0.39 is 0 Å². The van der Waals surface area contributed by atoms with Crippen molar-refractivity contribution in [1.82, 2.24) is 18.9 Å². The number of benzene rings is 1. The molecular weight excluding hydrogens is 430 g/mol. The highest BCUT2D eigenvalue weighted by Crippen LogP contribution is 2.34. The van der Waals surface area contributed by atoms with Gasteiger partial charge in [0.15, 0.2) is 10.1 Å². The van der Waals surface area contributed by atoms with E-state index in [1.165, 1.54) is 0 Å². The normalized spacial score (nSPS) is 17.1. The average molecular weight is 450 g/mol. The molecule has 31 heavy (non-hydrogen) atoms. The van der Waals surface area contributed by atoms with Crippen LogP contribution in [0.3, 0.4) is 0 Å². The molecule has 0 saturated heterocycles. The maximum Gasteiger partial charge on any atom is 0.257 e. The fourth-order valence-corrected chi connectivity index (χ4v) is 6.21. The van der Waals surface area contributed by atoms with E-state index in [0.717, 1.165) is 57.6 Å². The van der Waals surface area contributed by atoms with Crippen LogP contribution in [0.2, 0.25) is 0 Å². The van der Waals surface area contributed by atoms with Crippen LogP contribution in [0.15, 0.2) is 52.0 Å². The minimum absolute atomic E-state index is 0.0436. The molecular formula is C22H19N5O2S2. The van der Waals surface area contributed by atoms with E-state index in [2.05, 4.69) is 15.3 Å². The molecule has 1 unspecified atom stereocenters. The number of hydrogen-bond acceptors (Lipinski definition) is 6. The third-order valence-electron chi connectivity index (χ3n) is 5.83. The molecule has 156 valence electrons. The summed E-state index contributed by atoms with van der Waals surface area (Å²) >= 11 is 3.15. The van der Waals surface area contributed by atoms with Gasteiger partial charge < -0.3 is 5.32 Å². The van der Waals surface area contributed by atoms with Crippen LogP contribution in [0.25, 0.3) is 16.2 Å². The van der Waals surface area contributed by atoms with Crippen LogP contribution in [-0.2, 0) is 17.6 Å². The van der Waals surface area contributed by atoms with Crippen molar-refractivity contribution in [3.63, 3.8) is 0 Å². The number of carbonyl (C=O) groups excluding carboxylic acids is 1. The second-order valence-electron chi connectivity index (χ2n) is 7.87. The summed E-state index contributed by atoms with van der Waals surface area (Å²) in [7, 11) is 0. The number of amides is 1. The van der Waals surface area contributed by atoms with Gasteiger partial charge >= 0.3 is 0 Å². The molecule has 1 aliphatic heterocycles. The topological polar surface area (TPSA) is 81.3 Å². The number of aromatic nitrogens is 4. The van der Waals surface area contributed by atoms with Gasteiger partial charge in [-0.05, 0) is 31.4 Å². The quantitative estimate of drug-likeness (QED) is 0.480. The molecule has 4 aromatic rings. The van der Waals surface area contributed by atoms with Crippen LogP contribution in [0, 0.1) is 0 Å². The number of anilines is 1. The number of carbonyl (C=O) groups is 1. The van der Waals surface area contributed by atoms with Gasteiger partial charge in [0, 0.05) is 46.8 Å². The van der Waals surface area contributed by atoms with Crippen LogP contribution in [0.5, 0.6) is 0 Å². The van der Waals surface area contributed by atoms with Crippen molar-refractivity contribution >= 4 is 39.7 Å². The molecule has 1 amide bonds. The Hall–Kier alpha value is -2.91. The van der Waals surface area contributed by atoms with E-state index in [-0.39, 0.29) is 23.9 Å². The predicted molar refractivity (Wildman–Crippen MR) is 122 cm³/mol. The van der Waals surface area contributed by atoms with Crippen molar-refractivity contribution in [3.05, 3.63) is 63.7 Å². The maximum absolute atomic E-state index is 12.9. The number of nitrogens with one attached hydrogen (secondary N) is 1. The highest BCUT2D eigenvalue weighted by molar-refractivity contribution is 7.99. The molecule has 0 fully saturated rings. The van der Waals surface area contributed by atoms with Gasteiger partial charge in [0.25, 0.3) is 5.56 Å². The van der Waals surface area contributed by atoms with E-state index in [0.29, 0.717) is 5.75 Å². The Morgan fingerprint density at radius 2 is 2.19 bits per heavy atom. The zero-order valence-corrected chi connectivity index (χ0v) is 18.2. The Morgan fingerprint density at radius 1 is 1.26 bits per heavy atom. The number of imidazole rings is 1. The fourth-order valence-electron chi connectivity index (χ4n) is 4.35. The first-order valence-corrected chi connectivity index (χ1v) is 12.1. The summed E-state index contributed by atoms with van der Waals surface area (Å²) in [4.78, 5) is 36.0. The molecule has 3 aromatic heterocycles. The standard InChI is InChI=1S/C22H19N5O2S2/c28-19(10-15-12-31-22-24-17-6-2-5-16(17)20(29)27(15)22)23-14-4-1-3-13(9-14)18-11-26-7-8-30-21(26)25-18/h1,3-4,7-9,11,15H,2,5-6,10,12H2,(H,23,28). The lowest BCUT2D eigenvalue weighted by Crippen LogP contribution is -2.30. The number of nitrogens with zero attached hydrogens (tertiary/aromatic N) is 4. The minimum atomic E-state index is -0.158. The molecule has 7 nitrogen and oxygen atoms in total. The molecule has 0 bridgehead atoms. The lowest BCUT2D eigenvalue weighted by molar-refractivity contribution is -0.116. The number of rotatable bonds is 4. The van der Waals surface area contributed by atoms with Crippen LogP contribution < -0.4 is 10.9 Å². The zero-order chi connectivity index (χ0) is 20.9. The summed E-state index contributed by atoms with van der Waals surface area (Å²) in [6.45, 7) is 0. The first-order chi connectivity index (χ1) is 15.2. The minimum Gasteiger partial charge on any atom is -0.326 e. The van der Waals surface area contributed by atoms with Crippen molar-refractivity contribution in [2.75, 3.05) is 11.1 Å². The molecule has 2 aliphatic rings. The largest absolute Gasteiger partial charge is 0.326 e. The maximum atomic E-state index is 12.9. The third kappa shape index (κ3) is 3.28. The van der Waals surface area contributed by atoms with Crippen LogP contribution in [0.1, 0.15) is 30.1 Å². The Balaban J connectivity index is 1.20. The Morgan fingerprint density at radius 3 is 3.10 bits per heavy atom. The number of hydrogen-bond donors (Lipinski definition) is 1. The smallest absolute Gasteiger partial charge is 0.257 e. The fraction of sp³-hybridized carbons (Fsp3) is 0.273. The van der Waals surface area contributed by atoms with Crippen LogP contribution >= 0.6 is 23.1 Å². The van der Waals surface area contributed by atoms with Crippen LogP contribution in [-0.4, -0.2) is 30.6 Å². The number of thiazole rings is 1. The first-order valence-electron chi connectivity index (χ1n) is 10.3. The number of thioether (sulfide) groups is 1. The van der Waals surface area contributed by atoms with Crippen molar-refractivity contribution in [1.29, 1.82) is 0 Å². The van der Waals surface area contributed by atoms with Crippen molar-refractivity contribution in [2.24, 2.45) is 0 Å².